The molecule has 0 unspecified atom stereocenters. The van der Waals surface area contributed by atoms with Crippen molar-refractivity contribution in [3.8, 4) is 17.6 Å². The predicted molar refractivity (Wildman–Crippen MR) is 71.0 cm³/mol. The molecular formula is C13H9BrOS. The number of thiophene rings is 1. The van der Waals surface area contributed by atoms with E-state index in [0.717, 1.165) is 20.7 Å². The van der Waals surface area contributed by atoms with E-state index >= 15 is 0 Å². The smallest absolute Gasteiger partial charge is 0.120 e. The van der Waals surface area contributed by atoms with E-state index in [9.17, 15) is 0 Å². The molecule has 1 nitrogen and oxygen atoms in total. The van der Waals surface area contributed by atoms with Crippen molar-refractivity contribution in [2.24, 2.45) is 0 Å². The Kier molecular flexibility index (Phi) is 3.66. The summed E-state index contributed by atoms with van der Waals surface area (Å²) in [6, 6.07) is 9.74. The number of halogens is 1. The number of benzene rings is 1. The lowest BCUT2D eigenvalue weighted by Gasteiger charge is -1.97. The first-order chi connectivity index (χ1) is 7.79. The molecule has 3 heteroatoms. The average Bonchev–Trinajstić information content (AvgIpc) is 2.72. The highest BCUT2D eigenvalue weighted by atomic mass is 79.9. The number of rotatable bonds is 1. The third-order valence-corrected chi connectivity index (χ3v) is 3.76. The minimum atomic E-state index is 0.831. The molecule has 1 aromatic carbocycles. The van der Waals surface area contributed by atoms with Crippen molar-refractivity contribution in [2.75, 3.05) is 7.11 Å². The van der Waals surface area contributed by atoms with Crippen LogP contribution in [0.15, 0.2) is 40.2 Å². The van der Waals surface area contributed by atoms with Gasteiger partial charge in [-0.2, -0.15) is 0 Å². The molecule has 0 amide bonds. The summed E-state index contributed by atoms with van der Waals surface area (Å²) >= 11 is 5.08. The van der Waals surface area contributed by atoms with Gasteiger partial charge in [-0.3, -0.25) is 0 Å². The maximum atomic E-state index is 5.14. The fraction of sp³-hybridized carbons (Fsp3) is 0.0769. The van der Waals surface area contributed by atoms with Gasteiger partial charge in [-0.15, -0.1) is 11.3 Å². The topological polar surface area (TPSA) is 9.23 Å². The van der Waals surface area contributed by atoms with Gasteiger partial charge in [-0.1, -0.05) is 12.0 Å². The first kappa shape index (κ1) is 11.3. The van der Waals surface area contributed by atoms with Crippen molar-refractivity contribution in [1.82, 2.24) is 0 Å². The van der Waals surface area contributed by atoms with Crippen molar-refractivity contribution in [1.29, 1.82) is 0 Å². The molecule has 0 bridgehead atoms. The number of methoxy groups -OCH3 is 1. The van der Waals surface area contributed by atoms with Gasteiger partial charge < -0.3 is 4.74 Å². The number of hydrogen-bond donors (Lipinski definition) is 0. The standard InChI is InChI=1S/C13H9BrOS/c1-15-11-4-2-3-10(9-11)5-6-13-12(14)7-8-16-13/h2-4,7-9H,1H3. The molecule has 0 radical (unpaired) electrons. The van der Waals surface area contributed by atoms with Crippen LogP contribution in [0.5, 0.6) is 5.75 Å². The second-order valence-electron chi connectivity index (χ2n) is 3.08. The van der Waals surface area contributed by atoms with Crippen molar-refractivity contribution >= 4 is 27.3 Å². The molecule has 0 spiro atoms. The SMILES string of the molecule is COc1cccc(C#Cc2sccc2Br)c1. The van der Waals surface area contributed by atoms with Crippen LogP contribution in [0.4, 0.5) is 0 Å². The van der Waals surface area contributed by atoms with E-state index < -0.39 is 0 Å². The van der Waals surface area contributed by atoms with Gasteiger partial charge in [0.1, 0.15) is 5.75 Å². The van der Waals surface area contributed by atoms with Gasteiger partial charge >= 0.3 is 0 Å². The quantitative estimate of drug-likeness (QED) is 0.724. The summed E-state index contributed by atoms with van der Waals surface area (Å²) in [6.45, 7) is 0. The minimum Gasteiger partial charge on any atom is -0.497 e. The molecule has 1 aromatic heterocycles. The molecule has 0 atom stereocenters. The third-order valence-electron chi connectivity index (χ3n) is 2.01. The van der Waals surface area contributed by atoms with E-state index in [2.05, 4.69) is 27.8 Å². The van der Waals surface area contributed by atoms with Crippen LogP contribution in [0.25, 0.3) is 0 Å². The van der Waals surface area contributed by atoms with Crippen LogP contribution >= 0.6 is 27.3 Å². The Morgan fingerprint density at radius 2 is 2.12 bits per heavy atom. The third kappa shape index (κ3) is 2.66. The molecule has 16 heavy (non-hydrogen) atoms. The first-order valence-corrected chi connectivity index (χ1v) is 6.36. The highest BCUT2D eigenvalue weighted by Crippen LogP contribution is 2.21. The van der Waals surface area contributed by atoms with E-state index in [0.29, 0.717) is 0 Å². The van der Waals surface area contributed by atoms with E-state index in [-0.39, 0.29) is 0 Å². The van der Waals surface area contributed by atoms with Gasteiger partial charge in [-0.25, -0.2) is 0 Å². The molecule has 0 saturated heterocycles. The van der Waals surface area contributed by atoms with Crippen molar-refractivity contribution in [2.45, 2.75) is 0 Å². The molecule has 0 aliphatic rings. The molecular weight excluding hydrogens is 284 g/mol. The molecule has 0 N–H and O–H groups in total. The summed E-state index contributed by atoms with van der Waals surface area (Å²) in [5.41, 5.74) is 0.958. The molecule has 0 fully saturated rings. The fourth-order valence-electron chi connectivity index (χ4n) is 1.21. The van der Waals surface area contributed by atoms with Crippen molar-refractivity contribution in [3.05, 3.63) is 50.6 Å². The van der Waals surface area contributed by atoms with Crippen LogP contribution in [-0.4, -0.2) is 7.11 Å². The van der Waals surface area contributed by atoms with E-state index in [1.54, 1.807) is 18.4 Å². The van der Waals surface area contributed by atoms with Gasteiger partial charge in [0.15, 0.2) is 0 Å². The Bertz CT molecular complexity index is 548. The van der Waals surface area contributed by atoms with Crippen LogP contribution in [0.1, 0.15) is 10.4 Å². The van der Waals surface area contributed by atoms with Crippen LogP contribution in [0, 0.1) is 11.8 Å². The maximum Gasteiger partial charge on any atom is 0.120 e. The Labute approximate surface area is 107 Å². The summed E-state index contributed by atoms with van der Waals surface area (Å²) in [7, 11) is 1.66. The minimum absolute atomic E-state index is 0.831. The molecule has 2 rings (SSSR count). The predicted octanol–water partition coefficient (Wildman–Crippen LogP) is 3.92. The lowest BCUT2D eigenvalue weighted by Crippen LogP contribution is -1.82. The summed E-state index contributed by atoms with van der Waals surface area (Å²) in [5, 5.41) is 2.01. The van der Waals surface area contributed by atoms with Crippen molar-refractivity contribution < 1.29 is 4.74 Å². The fourth-order valence-corrected chi connectivity index (χ4v) is 2.53. The molecule has 0 aliphatic heterocycles. The summed E-state index contributed by atoms with van der Waals surface area (Å²) in [5.74, 6) is 7.07. The maximum absolute atomic E-state index is 5.14. The molecule has 80 valence electrons. The summed E-state index contributed by atoms with van der Waals surface area (Å²) < 4.78 is 6.19. The number of hydrogen-bond acceptors (Lipinski definition) is 2. The van der Waals surface area contributed by atoms with Gasteiger partial charge in [0.25, 0.3) is 0 Å². The first-order valence-electron chi connectivity index (χ1n) is 4.68. The molecule has 2 aromatic rings. The molecule has 0 aliphatic carbocycles. The molecule has 1 heterocycles. The zero-order chi connectivity index (χ0) is 11.4. The highest BCUT2D eigenvalue weighted by Gasteiger charge is 1.96. The van der Waals surface area contributed by atoms with E-state index in [1.807, 2.05) is 35.7 Å². The Balaban J connectivity index is 2.27. The van der Waals surface area contributed by atoms with Crippen LogP contribution in [0.2, 0.25) is 0 Å². The lowest BCUT2D eigenvalue weighted by atomic mass is 10.2. The van der Waals surface area contributed by atoms with Crippen LogP contribution in [0.3, 0.4) is 0 Å². The van der Waals surface area contributed by atoms with Crippen LogP contribution in [-0.2, 0) is 0 Å². The van der Waals surface area contributed by atoms with Gasteiger partial charge in [-0.05, 0) is 51.5 Å². The second kappa shape index (κ2) is 5.20. The van der Waals surface area contributed by atoms with Crippen LogP contribution < -0.4 is 4.74 Å². The molecule has 0 saturated carbocycles. The van der Waals surface area contributed by atoms with Gasteiger partial charge in [0.05, 0.1) is 12.0 Å². The zero-order valence-electron chi connectivity index (χ0n) is 8.66. The monoisotopic (exact) mass is 292 g/mol. The summed E-state index contributed by atoms with van der Waals surface area (Å²) in [4.78, 5) is 1.04. The van der Waals surface area contributed by atoms with Gasteiger partial charge in [0.2, 0.25) is 0 Å². The lowest BCUT2D eigenvalue weighted by molar-refractivity contribution is 0.414. The summed E-state index contributed by atoms with van der Waals surface area (Å²) in [6.07, 6.45) is 0. The van der Waals surface area contributed by atoms with Crippen molar-refractivity contribution in [3.63, 3.8) is 0 Å². The normalized spacial score (nSPS) is 9.38. The largest absolute Gasteiger partial charge is 0.497 e. The second-order valence-corrected chi connectivity index (χ2v) is 4.85. The Hall–Kier alpha value is -1.24. The zero-order valence-corrected chi connectivity index (χ0v) is 11.1. The Morgan fingerprint density at radius 3 is 2.81 bits per heavy atom. The number of ether oxygens (including phenoxy) is 1. The van der Waals surface area contributed by atoms with Gasteiger partial charge in [0, 0.05) is 10.0 Å². The Morgan fingerprint density at radius 1 is 1.25 bits per heavy atom. The highest BCUT2D eigenvalue weighted by molar-refractivity contribution is 9.10. The average molecular weight is 293 g/mol. The van der Waals surface area contributed by atoms with E-state index in [1.165, 1.54) is 0 Å². The van der Waals surface area contributed by atoms with E-state index in [4.69, 9.17) is 4.74 Å².